The zero-order chi connectivity index (χ0) is 11.7. The molecule has 86 valence electrons. The summed E-state index contributed by atoms with van der Waals surface area (Å²) in [5.74, 6) is 0.0258. The number of hydrogen-bond acceptors (Lipinski definition) is 1. The van der Waals surface area contributed by atoms with Crippen LogP contribution in [0.25, 0.3) is 0 Å². The molecule has 0 saturated heterocycles. The Bertz CT molecular complexity index is 231. The second-order valence-corrected chi connectivity index (χ2v) is 3.81. The highest BCUT2D eigenvalue weighted by Crippen LogP contribution is 2.05. The van der Waals surface area contributed by atoms with Gasteiger partial charge in [0.1, 0.15) is 0 Å². The fourth-order valence-corrected chi connectivity index (χ4v) is 1.38. The van der Waals surface area contributed by atoms with Gasteiger partial charge in [0.2, 0.25) is 5.91 Å². The summed E-state index contributed by atoms with van der Waals surface area (Å²) < 4.78 is 0. The summed E-state index contributed by atoms with van der Waals surface area (Å²) in [7, 11) is 0. The van der Waals surface area contributed by atoms with Gasteiger partial charge in [-0.2, -0.15) is 0 Å². The van der Waals surface area contributed by atoms with Crippen molar-refractivity contribution in [3.63, 3.8) is 0 Å². The molecule has 1 N–H and O–H groups in total. The molecular weight excluding hydrogens is 186 g/mol. The second-order valence-electron chi connectivity index (χ2n) is 3.81. The van der Waals surface area contributed by atoms with Crippen molar-refractivity contribution in [2.45, 2.75) is 52.5 Å². The lowest BCUT2D eigenvalue weighted by Gasteiger charge is -2.16. The maximum absolute atomic E-state index is 11.6. The van der Waals surface area contributed by atoms with Gasteiger partial charge in [0.05, 0.1) is 0 Å². The first-order chi connectivity index (χ1) is 7.15. The average molecular weight is 209 g/mol. The van der Waals surface area contributed by atoms with Crippen LogP contribution >= 0.6 is 0 Å². The van der Waals surface area contributed by atoms with Crippen molar-refractivity contribution >= 4 is 5.91 Å². The third kappa shape index (κ3) is 6.10. The van der Waals surface area contributed by atoms with Crippen LogP contribution in [0, 0.1) is 0 Å². The Hall–Kier alpha value is -1.05. The Morgan fingerprint density at radius 1 is 1.47 bits per heavy atom. The smallest absolute Gasteiger partial charge is 0.247 e. The SMILES string of the molecule is C=C/C=C(\C)C(=O)NC(CC)CCCC. The molecule has 0 rings (SSSR count). The second kappa shape index (κ2) is 8.27. The number of allylic oxidation sites excluding steroid dienone is 2. The molecule has 0 radical (unpaired) electrons. The van der Waals surface area contributed by atoms with E-state index in [0.717, 1.165) is 18.4 Å². The summed E-state index contributed by atoms with van der Waals surface area (Å²) in [6.07, 6.45) is 7.79. The molecule has 15 heavy (non-hydrogen) atoms. The highest BCUT2D eigenvalue weighted by atomic mass is 16.1. The van der Waals surface area contributed by atoms with Gasteiger partial charge in [0.25, 0.3) is 0 Å². The van der Waals surface area contributed by atoms with Crippen LogP contribution in [-0.4, -0.2) is 11.9 Å². The van der Waals surface area contributed by atoms with E-state index < -0.39 is 0 Å². The molecule has 0 bridgehead atoms. The van der Waals surface area contributed by atoms with E-state index in [1.54, 1.807) is 12.2 Å². The minimum absolute atomic E-state index is 0.0258. The first-order valence-corrected chi connectivity index (χ1v) is 5.75. The first-order valence-electron chi connectivity index (χ1n) is 5.75. The van der Waals surface area contributed by atoms with Crippen LogP contribution in [0.4, 0.5) is 0 Å². The molecule has 0 aromatic heterocycles. The van der Waals surface area contributed by atoms with Gasteiger partial charge >= 0.3 is 0 Å². The predicted molar refractivity (Wildman–Crippen MR) is 65.7 cm³/mol. The molecule has 0 saturated carbocycles. The lowest BCUT2D eigenvalue weighted by atomic mass is 10.1. The molecule has 0 aliphatic carbocycles. The van der Waals surface area contributed by atoms with E-state index in [2.05, 4.69) is 25.7 Å². The topological polar surface area (TPSA) is 29.1 Å². The lowest BCUT2D eigenvalue weighted by molar-refractivity contribution is -0.118. The van der Waals surface area contributed by atoms with Gasteiger partial charge in [-0.15, -0.1) is 0 Å². The average Bonchev–Trinajstić information content (AvgIpc) is 2.24. The van der Waals surface area contributed by atoms with E-state index in [4.69, 9.17) is 0 Å². The Morgan fingerprint density at radius 3 is 2.60 bits per heavy atom. The van der Waals surface area contributed by atoms with Crippen molar-refractivity contribution in [1.82, 2.24) is 5.32 Å². The molecule has 1 atom stereocenters. The molecule has 2 heteroatoms. The molecule has 0 aromatic carbocycles. The van der Waals surface area contributed by atoms with Crippen LogP contribution in [0.3, 0.4) is 0 Å². The number of amides is 1. The van der Waals surface area contributed by atoms with Crippen LogP contribution in [0.5, 0.6) is 0 Å². The van der Waals surface area contributed by atoms with E-state index in [1.165, 1.54) is 12.8 Å². The molecule has 0 fully saturated rings. The molecule has 1 amide bonds. The van der Waals surface area contributed by atoms with Crippen molar-refractivity contribution in [1.29, 1.82) is 0 Å². The number of carbonyl (C=O) groups is 1. The summed E-state index contributed by atoms with van der Waals surface area (Å²) >= 11 is 0. The standard InChI is InChI=1S/C13H23NO/c1-5-8-10-12(7-3)14-13(15)11(4)9-6-2/h6,9,12H,2,5,7-8,10H2,1,3-4H3,(H,14,15)/b11-9+. The maximum atomic E-state index is 11.6. The monoisotopic (exact) mass is 209 g/mol. The highest BCUT2D eigenvalue weighted by Gasteiger charge is 2.10. The fourth-order valence-electron chi connectivity index (χ4n) is 1.38. The largest absolute Gasteiger partial charge is 0.350 e. The number of unbranched alkanes of at least 4 members (excludes halogenated alkanes) is 1. The van der Waals surface area contributed by atoms with Gasteiger partial charge in [-0.1, -0.05) is 45.4 Å². The van der Waals surface area contributed by atoms with Crippen molar-refractivity contribution in [2.75, 3.05) is 0 Å². The molecule has 0 aliphatic heterocycles. The van der Waals surface area contributed by atoms with Gasteiger partial charge in [0.15, 0.2) is 0 Å². The number of nitrogens with one attached hydrogen (secondary N) is 1. The Labute approximate surface area is 93.5 Å². The molecule has 2 nitrogen and oxygen atoms in total. The van der Waals surface area contributed by atoms with E-state index in [1.807, 2.05) is 6.92 Å². The fraction of sp³-hybridized carbons (Fsp3) is 0.615. The Morgan fingerprint density at radius 2 is 2.13 bits per heavy atom. The van der Waals surface area contributed by atoms with E-state index in [-0.39, 0.29) is 5.91 Å². The summed E-state index contributed by atoms with van der Waals surface area (Å²) in [6, 6.07) is 0.311. The number of hydrogen-bond donors (Lipinski definition) is 1. The number of rotatable bonds is 7. The van der Waals surface area contributed by atoms with Gasteiger partial charge < -0.3 is 5.32 Å². The van der Waals surface area contributed by atoms with Crippen molar-refractivity contribution in [3.8, 4) is 0 Å². The third-order valence-corrected chi connectivity index (χ3v) is 2.46. The number of carbonyl (C=O) groups excluding carboxylic acids is 1. The predicted octanol–water partition coefficient (Wildman–Crippen LogP) is 3.20. The van der Waals surface area contributed by atoms with E-state index >= 15 is 0 Å². The highest BCUT2D eigenvalue weighted by molar-refractivity contribution is 5.93. The van der Waals surface area contributed by atoms with Crippen LogP contribution in [0.2, 0.25) is 0 Å². The van der Waals surface area contributed by atoms with Gasteiger partial charge in [-0.25, -0.2) is 0 Å². The van der Waals surface area contributed by atoms with Gasteiger partial charge in [-0.05, 0) is 19.8 Å². The summed E-state index contributed by atoms with van der Waals surface area (Å²) in [4.78, 5) is 11.6. The summed E-state index contributed by atoms with van der Waals surface area (Å²) in [6.45, 7) is 9.65. The summed E-state index contributed by atoms with van der Waals surface area (Å²) in [5, 5.41) is 3.03. The summed E-state index contributed by atoms with van der Waals surface area (Å²) in [5.41, 5.74) is 0.722. The quantitative estimate of drug-likeness (QED) is 0.506. The van der Waals surface area contributed by atoms with Crippen molar-refractivity contribution in [2.24, 2.45) is 0 Å². The van der Waals surface area contributed by atoms with E-state index in [0.29, 0.717) is 6.04 Å². The van der Waals surface area contributed by atoms with Crippen LogP contribution in [0.1, 0.15) is 46.5 Å². The molecule has 0 heterocycles. The zero-order valence-corrected chi connectivity index (χ0v) is 10.2. The minimum Gasteiger partial charge on any atom is -0.350 e. The Balaban J connectivity index is 4.11. The van der Waals surface area contributed by atoms with Crippen LogP contribution < -0.4 is 5.32 Å². The molecule has 0 aromatic rings. The van der Waals surface area contributed by atoms with Crippen LogP contribution in [0.15, 0.2) is 24.3 Å². The minimum atomic E-state index is 0.0258. The maximum Gasteiger partial charge on any atom is 0.247 e. The van der Waals surface area contributed by atoms with E-state index in [9.17, 15) is 4.79 Å². The van der Waals surface area contributed by atoms with Crippen LogP contribution in [-0.2, 0) is 4.79 Å². The molecule has 1 unspecified atom stereocenters. The normalized spacial score (nSPS) is 13.4. The Kier molecular flexibility index (Phi) is 7.69. The first kappa shape index (κ1) is 13.9. The third-order valence-electron chi connectivity index (χ3n) is 2.46. The lowest BCUT2D eigenvalue weighted by Crippen LogP contribution is -2.34. The molecule has 0 spiro atoms. The van der Waals surface area contributed by atoms with Gasteiger partial charge in [-0.3, -0.25) is 4.79 Å². The molecule has 0 aliphatic rings. The zero-order valence-electron chi connectivity index (χ0n) is 10.2. The van der Waals surface area contributed by atoms with Gasteiger partial charge in [0, 0.05) is 11.6 Å². The van der Waals surface area contributed by atoms with Crippen molar-refractivity contribution < 1.29 is 4.79 Å². The molecular formula is C13H23NO. The van der Waals surface area contributed by atoms with Crippen molar-refractivity contribution in [3.05, 3.63) is 24.3 Å².